The predicted octanol–water partition coefficient (Wildman–Crippen LogP) is 0.0568. The molecule has 1 aromatic rings. The first-order chi connectivity index (χ1) is 11.1. The van der Waals surface area contributed by atoms with Gasteiger partial charge in [0.25, 0.3) is 0 Å². The fourth-order valence-corrected chi connectivity index (χ4v) is 1.99. The van der Waals surface area contributed by atoms with Gasteiger partial charge in [-0.2, -0.15) is 0 Å². The van der Waals surface area contributed by atoms with E-state index in [-0.39, 0.29) is 57.3 Å². The van der Waals surface area contributed by atoms with Crippen molar-refractivity contribution in [1.29, 1.82) is 0 Å². The minimum atomic E-state index is -0.830. The molecule has 0 aromatic heterocycles. The fraction of sp³-hybridized carbons (Fsp3) is 0.533. The van der Waals surface area contributed by atoms with Crippen molar-refractivity contribution in [3.8, 4) is 17.2 Å². The van der Waals surface area contributed by atoms with Crippen LogP contribution in [0.2, 0.25) is 0 Å². The highest BCUT2D eigenvalue weighted by molar-refractivity contribution is 5.85. The Labute approximate surface area is 146 Å². The topological polar surface area (TPSA) is 112 Å². The lowest BCUT2D eigenvalue weighted by molar-refractivity contribution is -0.123. The van der Waals surface area contributed by atoms with Crippen LogP contribution in [0.15, 0.2) is 18.2 Å². The van der Waals surface area contributed by atoms with Gasteiger partial charge >= 0.3 is 0 Å². The van der Waals surface area contributed by atoms with E-state index in [2.05, 4.69) is 5.32 Å². The highest BCUT2D eigenvalue weighted by atomic mass is 35.5. The molecule has 1 heterocycles. The Morgan fingerprint density at radius 1 is 1.42 bits per heavy atom. The van der Waals surface area contributed by atoms with Crippen LogP contribution in [-0.2, 0) is 9.53 Å². The van der Waals surface area contributed by atoms with Crippen LogP contribution in [0.25, 0.3) is 0 Å². The number of halogens is 1. The fourth-order valence-electron chi connectivity index (χ4n) is 1.99. The number of benzene rings is 1. The standard InChI is InChI=1S/C15H22N2O6.ClH/c1-20-12(6-16)5-15(19)17-7-10(18)8-21-11-2-3-13-14(4-11)23-9-22-13;/h2-4,10,12,18H,5-9,16H2,1H3,(H,17,19);1H. The molecule has 0 fully saturated rings. The molecule has 0 saturated heterocycles. The van der Waals surface area contributed by atoms with Gasteiger partial charge in [0.15, 0.2) is 11.5 Å². The highest BCUT2D eigenvalue weighted by Crippen LogP contribution is 2.35. The lowest BCUT2D eigenvalue weighted by Crippen LogP contribution is -2.38. The van der Waals surface area contributed by atoms with Crippen molar-refractivity contribution in [1.82, 2.24) is 5.32 Å². The smallest absolute Gasteiger partial charge is 0.231 e. The molecule has 8 nitrogen and oxygen atoms in total. The number of amides is 1. The van der Waals surface area contributed by atoms with Gasteiger partial charge in [-0.15, -0.1) is 12.4 Å². The average Bonchev–Trinajstić information content (AvgIpc) is 3.03. The number of methoxy groups -OCH3 is 1. The van der Waals surface area contributed by atoms with E-state index in [4.69, 9.17) is 24.7 Å². The highest BCUT2D eigenvalue weighted by Gasteiger charge is 2.15. The number of fused-ring (bicyclic) bond motifs is 1. The van der Waals surface area contributed by atoms with Crippen LogP contribution in [0.5, 0.6) is 17.2 Å². The number of nitrogens with two attached hydrogens (primary N) is 1. The second kappa shape index (κ2) is 10.2. The summed E-state index contributed by atoms with van der Waals surface area (Å²) < 4.78 is 20.9. The van der Waals surface area contributed by atoms with E-state index in [1.165, 1.54) is 7.11 Å². The first-order valence-electron chi connectivity index (χ1n) is 7.32. The number of hydrogen-bond donors (Lipinski definition) is 3. The molecule has 0 spiro atoms. The molecule has 1 aromatic carbocycles. The molecule has 2 unspecified atom stereocenters. The van der Waals surface area contributed by atoms with E-state index in [9.17, 15) is 9.90 Å². The SMILES string of the molecule is COC(CN)CC(=O)NCC(O)COc1ccc2c(c1)OCO2.Cl. The summed E-state index contributed by atoms with van der Waals surface area (Å²) in [7, 11) is 1.50. The van der Waals surface area contributed by atoms with Gasteiger partial charge in [0.1, 0.15) is 18.5 Å². The second-order valence-electron chi connectivity index (χ2n) is 5.08. The molecule has 0 radical (unpaired) electrons. The van der Waals surface area contributed by atoms with Crippen LogP contribution >= 0.6 is 12.4 Å². The summed E-state index contributed by atoms with van der Waals surface area (Å²) in [5.41, 5.74) is 5.44. The average molecular weight is 363 g/mol. The molecule has 0 bridgehead atoms. The number of rotatable bonds is 9. The number of carbonyl (C=O) groups is 1. The van der Waals surface area contributed by atoms with E-state index in [1.807, 2.05) is 0 Å². The van der Waals surface area contributed by atoms with Crippen molar-refractivity contribution in [2.45, 2.75) is 18.6 Å². The van der Waals surface area contributed by atoms with Crippen molar-refractivity contribution in [3.05, 3.63) is 18.2 Å². The Morgan fingerprint density at radius 2 is 2.17 bits per heavy atom. The zero-order valence-corrected chi connectivity index (χ0v) is 14.2. The minimum Gasteiger partial charge on any atom is -0.491 e. The molecule has 1 aliphatic heterocycles. The number of aliphatic hydroxyl groups is 1. The zero-order valence-electron chi connectivity index (χ0n) is 13.4. The monoisotopic (exact) mass is 362 g/mol. The zero-order chi connectivity index (χ0) is 16.7. The van der Waals surface area contributed by atoms with Gasteiger partial charge in [0.05, 0.1) is 12.5 Å². The number of carbonyl (C=O) groups excluding carboxylic acids is 1. The third kappa shape index (κ3) is 6.04. The Balaban J connectivity index is 0.00000288. The van der Waals surface area contributed by atoms with Gasteiger partial charge in [0, 0.05) is 26.3 Å². The van der Waals surface area contributed by atoms with Gasteiger partial charge in [-0.3, -0.25) is 4.79 Å². The Hall–Kier alpha value is -1.74. The van der Waals surface area contributed by atoms with Crippen molar-refractivity contribution >= 4 is 18.3 Å². The molecule has 0 aliphatic carbocycles. The summed E-state index contributed by atoms with van der Waals surface area (Å²) in [6.45, 7) is 0.591. The molecule has 2 rings (SSSR count). The predicted molar refractivity (Wildman–Crippen MR) is 88.8 cm³/mol. The van der Waals surface area contributed by atoms with E-state index in [0.29, 0.717) is 17.2 Å². The van der Waals surface area contributed by atoms with E-state index < -0.39 is 6.10 Å². The molecular formula is C15H23ClN2O6. The lowest BCUT2D eigenvalue weighted by Gasteiger charge is -2.15. The van der Waals surface area contributed by atoms with Gasteiger partial charge in [-0.05, 0) is 12.1 Å². The van der Waals surface area contributed by atoms with Crippen LogP contribution in [0, 0.1) is 0 Å². The van der Waals surface area contributed by atoms with Gasteiger partial charge in [-0.1, -0.05) is 0 Å². The Bertz CT molecular complexity index is 527. The summed E-state index contributed by atoms with van der Waals surface area (Å²) >= 11 is 0. The molecule has 136 valence electrons. The van der Waals surface area contributed by atoms with Crippen molar-refractivity contribution in [3.63, 3.8) is 0 Å². The minimum absolute atomic E-state index is 0. The largest absolute Gasteiger partial charge is 0.491 e. The Morgan fingerprint density at radius 3 is 2.88 bits per heavy atom. The molecule has 0 saturated carbocycles. The normalized spacial score (nSPS) is 14.5. The summed E-state index contributed by atoms with van der Waals surface area (Å²) in [6, 6.07) is 5.16. The molecule has 1 aliphatic rings. The van der Waals surface area contributed by atoms with Gasteiger partial charge in [-0.25, -0.2) is 0 Å². The maximum Gasteiger partial charge on any atom is 0.231 e. The molecular weight excluding hydrogens is 340 g/mol. The maximum absolute atomic E-state index is 11.6. The van der Waals surface area contributed by atoms with E-state index in [0.717, 1.165) is 0 Å². The van der Waals surface area contributed by atoms with Crippen LogP contribution < -0.4 is 25.3 Å². The maximum atomic E-state index is 11.6. The van der Waals surface area contributed by atoms with Crippen molar-refractivity contribution in [2.75, 3.05) is 33.6 Å². The molecule has 9 heteroatoms. The first kappa shape index (κ1) is 20.3. The van der Waals surface area contributed by atoms with Crippen molar-refractivity contribution in [2.24, 2.45) is 5.73 Å². The number of aliphatic hydroxyl groups excluding tert-OH is 1. The van der Waals surface area contributed by atoms with Crippen LogP contribution in [0.3, 0.4) is 0 Å². The molecule has 2 atom stereocenters. The van der Waals surface area contributed by atoms with Gasteiger partial charge < -0.3 is 35.1 Å². The van der Waals surface area contributed by atoms with Crippen LogP contribution in [0.4, 0.5) is 0 Å². The third-order valence-corrected chi connectivity index (χ3v) is 3.33. The van der Waals surface area contributed by atoms with E-state index >= 15 is 0 Å². The summed E-state index contributed by atoms with van der Waals surface area (Å²) in [6.07, 6.45) is -0.997. The summed E-state index contributed by atoms with van der Waals surface area (Å²) in [4.78, 5) is 11.6. The van der Waals surface area contributed by atoms with Crippen LogP contribution in [0.1, 0.15) is 6.42 Å². The quantitative estimate of drug-likeness (QED) is 0.569. The number of hydrogen-bond acceptors (Lipinski definition) is 7. The Kier molecular flexibility index (Phi) is 8.62. The lowest BCUT2D eigenvalue weighted by atomic mass is 10.2. The second-order valence-corrected chi connectivity index (χ2v) is 5.08. The summed E-state index contributed by atoms with van der Waals surface area (Å²) in [5, 5.41) is 12.5. The molecule has 1 amide bonds. The summed E-state index contributed by atoms with van der Waals surface area (Å²) in [5.74, 6) is 1.60. The van der Waals surface area contributed by atoms with Crippen LogP contribution in [-0.4, -0.2) is 56.8 Å². The van der Waals surface area contributed by atoms with E-state index in [1.54, 1.807) is 18.2 Å². The number of nitrogens with one attached hydrogen (secondary N) is 1. The molecule has 4 N–H and O–H groups in total. The number of ether oxygens (including phenoxy) is 4. The van der Waals surface area contributed by atoms with Gasteiger partial charge in [0.2, 0.25) is 12.7 Å². The first-order valence-corrected chi connectivity index (χ1v) is 7.32. The third-order valence-electron chi connectivity index (χ3n) is 3.33. The molecule has 24 heavy (non-hydrogen) atoms. The van der Waals surface area contributed by atoms with Crippen molar-refractivity contribution < 1.29 is 28.8 Å².